The molecular weight excluding hydrogens is 253 g/mol. The van der Waals surface area contributed by atoms with Crippen LogP contribution in [0.2, 0.25) is 0 Å². The van der Waals surface area contributed by atoms with E-state index in [-0.39, 0.29) is 12.2 Å². The minimum Gasteiger partial charge on any atom is -0.345 e. The van der Waals surface area contributed by atoms with Crippen molar-refractivity contribution in [3.05, 3.63) is 28.6 Å². The molecule has 0 bridgehead atoms. The van der Waals surface area contributed by atoms with Gasteiger partial charge in [0, 0.05) is 12.4 Å². The molecule has 2 heterocycles. The Morgan fingerprint density at radius 2 is 2.41 bits per heavy atom. The van der Waals surface area contributed by atoms with E-state index in [0.29, 0.717) is 5.82 Å². The molecule has 1 atom stereocenters. The molecule has 2 N–H and O–H groups in total. The maximum Gasteiger partial charge on any atom is 0.293 e. The predicted molar refractivity (Wildman–Crippen MR) is 56.2 cm³/mol. The first-order chi connectivity index (χ1) is 8.09. The van der Waals surface area contributed by atoms with Crippen LogP contribution in [0.5, 0.6) is 0 Å². The molecule has 2 aromatic rings. The van der Waals surface area contributed by atoms with E-state index in [1.807, 2.05) is 0 Å². The standard InChI is InChI=1S/C8H7ClFN5O2/c9-5(10)7(16)12-3-4-13-14-6-8(17)11-1-2-15(4)6/h1-2,5H,3H2,(H,11,17)(H,12,16). The number of aromatic amines is 1. The average Bonchev–Trinajstić information content (AvgIpc) is 2.70. The number of carbonyl (C=O) groups excluding carboxylic acids is 1. The van der Waals surface area contributed by atoms with Gasteiger partial charge in [-0.1, -0.05) is 11.6 Å². The zero-order valence-corrected chi connectivity index (χ0v) is 9.11. The third kappa shape index (κ3) is 2.26. The summed E-state index contributed by atoms with van der Waals surface area (Å²) in [6, 6.07) is 0. The summed E-state index contributed by atoms with van der Waals surface area (Å²) in [5.41, 5.74) is -2.42. The zero-order valence-electron chi connectivity index (χ0n) is 8.35. The Bertz CT molecular complexity index is 607. The van der Waals surface area contributed by atoms with Gasteiger partial charge in [-0.3, -0.25) is 14.0 Å². The van der Waals surface area contributed by atoms with Crippen molar-refractivity contribution in [2.24, 2.45) is 0 Å². The van der Waals surface area contributed by atoms with Crippen molar-refractivity contribution >= 4 is 23.2 Å². The maximum atomic E-state index is 12.4. The van der Waals surface area contributed by atoms with Crippen LogP contribution in [-0.2, 0) is 11.3 Å². The van der Waals surface area contributed by atoms with E-state index in [2.05, 4.69) is 20.5 Å². The highest BCUT2D eigenvalue weighted by Crippen LogP contribution is 1.99. The molecule has 0 aromatic carbocycles. The predicted octanol–water partition coefficient (Wildman–Crippen LogP) is -0.432. The fraction of sp³-hybridized carbons (Fsp3) is 0.250. The third-order valence-electron chi connectivity index (χ3n) is 2.03. The van der Waals surface area contributed by atoms with Gasteiger partial charge >= 0.3 is 0 Å². The first-order valence-electron chi connectivity index (χ1n) is 4.57. The lowest BCUT2D eigenvalue weighted by atomic mass is 10.5. The van der Waals surface area contributed by atoms with Crippen LogP contribution in [0.15, 0.2) is 17.2 Å². The molecule has 0 spiro atoms. The molecule has 17 heavy (non-hydrogen) atoms. The summed E-state index contributed by atoms with van der Waals surface area (Å²) >= 11 is 4.94. The minimum atomic E-state index is -2.11. The summed E-state index contributed by atoms with van der Waals surface area (Å²) in [5.74, 6) is -0.662. The Morgan fingerprint density at radius 1 is 1.65 bits per heavy atom. The Kier molecular flexibility index (Phi) is 3.05. The fourth-order valence-corrected chi connectivity index (χ4v) is 1.33. The van der Waals surface area contributed by atoms with E-state index in [4.69, 9.17) is 11.6 Å². The van der Waals surface area contributed by atoms with Gasteiger partial charge in [-0.2, -0.15) is 0 Å². The second-order valence-electron chi connectivity index (χ2n) is 3.12. The number of hydrogen-bond acceptors (Lipinski definition) is 4. The van der Waals surface area contributed by atoms with Crippen molar-refractivity contribution in [1.29, 1.82) is 0 Å². The van der Waals surface area contributed by atoms with Crippen LogP contribution in [0.1, 0.15) is 5.82 Å². The molecule has 0 aliphatic carbocycles. The monoisotopic (exact) mass is 259 g/mol. The van der Waals surface area contributed by atoms with E-state index in [1.54, 1.807) is 0 Å². The molecule has 2 aromatic heterocycles. The number of nitrogens with one attached hydrogen (secondary N) is 2. The molecule has 0 fully saturated rings. The van der Waals surface area contributed by atoms with Gasteiger partial charge in [0.15, 0.2) is 5.82 Å². The number of fused-ring (bicyclic) bond motifs is 1. The van der Waals surface area contributed by atoms with E-state index >= 15 is 0 Å². The van der Waals surface area contributed by atoms with Crippen molar-refractivity contribution in [2.45, 2.75) is 12.2 Å². The Labute approximate surface area is 98.6 Å². The second-order valence-corrected chi connectivity index (χ2v) is 3.50. The van der Waals surface area contributed by atoms with Crippen LogP contribution in [0.4, 0.5) is 4.39 Å². The number of H-pyrrole nitrogens is 1. The summed E-state index contributed by atoms with van der Waals surface area (Å²) in [6.07, 6.45) is 2.93. The molecule has 0 aliphatic heterocycles. The number of amides is 1. The van der Waals surface area contributed by atoms with Crippen molar-refractivity contribution in [3.63, 3.8) is 0 Å². The van der Waals surface area contributed by atoms with Gasteiger partial charge < -0.3 is 10.3 Å². The van der Waals surface area contributed by atoms with E-state index < -0.39 is 17.1 Å². The molecule has 1 amide bonds. The number of hydrogen-bond donors (Lipinski definition) is 2. The molecule has 2 rings (SSSR count). The Morgan fingerprint density at radius 3 is 3.12 bits per heavy atom. The highest BCUT2D eigenvalue weighted by molar-refractivity contribution is 6.29. The largest absolute Gasteiger partial charge is 0.345 e. The summed E-state index contributed by atoms with van der Waals surface area (Å²) < 4.78 is 13.7. The lowest BCUT2D eigenvalue weighted by molar-refractivity contribution is -0.123. The van der Waals surface area contributed by atoms with Gasteiger partial charge in [-0.05, 0) is 0 Å². The van der Waals surface area contributed by atoms with E-state index in [9.17, 15) is 14.0 Å². The van der Waals surface area contributed by atoms with Crippen LogP contribution in [-0.4, -0.2) is 31.1 Å². The molecule has 0 aliphatic rings. The summed E-state index contributed by atoms with van der Waals surface area (Å²) in [4.78, 5) is 24.6. The van der Waals surface area contributed by atoms with Crippen LogP contribution < -0.4 is 10.9 Å². The fourth-order valence-electron chi connectivity index (χ4n) is 1.25. The van der Waals surface area contributed by atoms with Gasteiger partial charge in [0.05, 0.1) is 6.54 Å². The Balaban J connectivity index is 2.23. The SMILES string of the molecule is O=C(NCc1nnc2c(=O)[nH]ccn12)C(F)Cl. The smallest absolute Gasteiger partial charge is 0.293 e. The summed E-state index contributed by atoms with van der Waals surface area (Å²) in [5, 5.41) is 9.55. The highest BCUT2D eigenvalue weighted by atomic mass is 35.5. The summed E-state index contributed by atoms with van der Waals surface area (Å²) in [7, 11) is 0. The normalized spacial score (nSPS) is 12.6. The van der Waals surface area contributed by atoms with Crippen LogP contribution >= 0.6 is 11.6 Å². The quantitative estimate of drug-likeness (QED) is 0.732. The number of halogens is 2. The van der Waals surface area contributed by atoms with Crippen molar-refractivity contribution in [3.8, 4) is 0 Å². The van der Waals surface area contributed by atoms with Gasteiger partial charge in [0.1, 0.15) is 0 Å². The Hall–Kier alpha value is -1.96. The lowest BCUT2D eigenvalue weighted by Gasteiger charge is -2.02. The van der Waals surface area contributed by atoms with Crippen LogP contribution in [0.3, 0.4) is 0 Å². The number of alkyl halides is 2. The molecule has 0 saturated heterocycles. The first-order valence-corrected chi connectivity index (χ1v) is 5.00. The minimum absolute atomic E-state index is 0.0728. The van der Waals surface area contributed by atoms with Crippen molar-refractivity contribution < 1.29 is 9.18 Å². The van der Waals surface area contributed by atoms with Gasteiger partial charge in [0.25, 0.3) is 17.1 Å². The van der Waals surface area contributed by atoms with E-state index in [0.717, 1.165) is 0 Å². The molecule has 0 saturated carbocycles. The lowest BCUT2D eigenvalue weighted by Crippen LogP contribution is -2.29. The topological polar surface area (TPSA) is 92.2 Å². The molecule has 1 unspecified atom stereocenters. The van der Waals surface area contributed by atoms with Crippen molar-refractivity contribution in [1.82, 2.24) is 24.9 Å². The molecule has 90 valence electrons. The molecule has 9 heteroatoms. The molecule has 7 nitrogen and oxygen atoms in total. The van der Waals surface area contributed by atoms with Gasteiger partial charge in [-0.25, -0.2) is 4.39 Å². The molecule has 0 radical (unpaired) electrons. The second kappa shape index (κ2) is 4.50. The number of aromatic nitrogens is 4. The third-order valence-corrected chi connectivity index (χ3v) is 2.22. The molecular formula is C8H7ClFN5O2. The maximum absolute atomic E-state index is 12.4. The number of rotatable bonds is 3. The number of carbonyl (C=O) groups is 1. The highest BCUT2D eigenvalue weighted by Gasteiger charge is 2.14. The number of nitrogens with zero attached hydrogens (tertiary/aromatic N) is 3. The van der Waals surface area contributed by atoms with Gasteiger partial charge in [-0.15, -0.1) is 10.2 Å². The first kappa shape index (κ1) is 11.5. The van der Waals surface area contributed by atoms with Crippen molar-refractivity contribution in [2.75, 3.05) is 0 Å². The average molecular weight is 260 g/mol. The van der Waals surface area contributed by atoms with E-state index in [1.165, 1.54) is 16.8 Å². The zero-order chi connectivity index (χ0) is 12.4. The van der Waals surface area contributed by atoms with Crippen LogP contribution in [0, 0.1) is 0 Å². The summed E-state index contributed by atoms with van der Waals surface area (Å²) in [6.45, 7) is -0.0728. The van der Waals surface area contributed by atoms with Gasteiger partial charge in [0.2, 0.25) is 5.65 Å². The van der Waals surface area contributed by atoms with Crippen LogP contribution in [0.25, 0.3) is 5.65 Å².